The fourth-order valence-electron chi connectivity index (χ4n) is 5.23. The molecule has 1 amide bonds. The van der Waals surface area contributed by atoms with E-state index in [0.29, 0.717) is 36.1 Å². The summed E-state index contributed by atoms with van der Waals surface area (Å²) < 4.78 is 0. The number of phenols is 1. The summed E-state index contributed by atoms with van der Waals surface area (Å²) in [5.41, 5.74) is 3.96. The summed E-state index contributed by atoms with van der Waals surface area (Å²) in [6, 6.07) is 12.4. The van der Waals surface area contributed by atoms with Crippen molar-refractivity contribution in [1.29, 1.82) is 0 Å². The van der Waals surface area contributed by atoms with Gasteiger partial charge in [0, 0.05) is 36.8 Å². The Labute approximate surface area is 204 Å². The number of benzene rings is 2. The summed E-state index contributed by atoms with van der Waals surface area (Å²) in [4.78, 5) is 31.3. The highest BCUT2D eigenvalue weighted by molar-refractivity contribution is 5.96. The summed E-state index contributed by atoms with van der Waals surface area (Å²) in [6.07, 6.45) is 3.67. The third kappa shape index (κ3) is 5.10. The molecule has 2 aromatic carbocycles. The molecule has 3 aromatic rings. The van der Waals surface area contributed by atoms with Gasteiger partial charge in [-0.3, -0.25) is 14.5 Å². The van der Waals surface area contributed by atoms with Gasteiger partial charge in [0.15, 0.2) is 0 Å². The van der Waals surface area contributed by atoms with E-state index in [0.717, 1.165) is 37.3 Å². The van der Waals surface area contributed by atoms with E-state index in [1.54, 1.807) is 12.1 Å². The zero-order valence-electron chi connectivity index (χ0n) is 19.8. The van der Waals surface area contributed by atoms with Gasteiger partial charge in [-0.25, -0.2) is 0 Å². The number of phenolic OH excluding ortho intramolecular Hbond substituents is 1. The number of fused-ring (bicyclic) bond motifs is 2. The lowest BCUT2D eigenvalue weighted by atomic mass is 10.0. The van der Waals surface area contributed by atoms with Crippen LogP contribution in [0.2, 0.25) is 0 Å². The first kappa shape index (κ1) is 23.5. The Morgan fingerprint density at radius 3 is 2.71 bits per heavy atom. The van der Waals surface area contributed by atoms with E-state index in [4.69, 9.17) is 0 Å². The van der Waals surface area contributed by atoms with Crippen LogP contribution in [0.4, 0.5) is 5.69 Å². The Kier molecular flexibility index (Phi) is 6.86. The Balaban J connectivity index is 1.19. The fraction of sp³-hybridized carbons (Fsp3) is 0.407. The Bertz CT molecular complexity index is 1280. The van der Waals surface area contributed by atoms with Gasteiger partial charge >= 0.3 is 0 Å². The highest BCUT2D eigenvalue weighted by Crippen LogP contribution is 2.30. The zero-order valence-corrected chi connectivity index (χ0v) is 19.8. The van der Waals surface area contributed by atoms with E-state index >= 15 is 0 Å². The number of nitrogens with zero attached hydrogens (tertiary/aromatic N) is 2. The van der Waals surface area contributed by atoms with Crippen LogP contribution in [-0.2, 0) is 17.8 Å². The standard InChI is InChI=1S/C27H32N4O4/c32-23-8-5-20(21-6-9-25(34)29-27(21)23)24(33)16-28-15-18-4-7-22-19(14-18)10-13-31(22)26(35)17-30-11-2-1-3-12-30/h4-9,14,24,28,32-33H,1-3,10-13,15-17H2,(H,29,34)/t24-/m0/s1. The number of aliphatic hydroxyl groups is 1. The van der Waals surface area contributed by atoms with Crippen LogP contribution in [0.3, 0.4) is 0 Å². The number of rotatable bonds is 7. The highest BCUT2D eigenvalue weighted by atomic mass is 16.3. The summed E-state index contributed by atoms with van der Waals surface area (Å²) in [6.45, 7) is 4.16. The van der Waals surface area contributed by atoms with Gasteiger partial charge in [-0.2, -0.15) is 0 Å². The molecule has 1 atom stereocenters. The Morgan fingerprint density at radius 2 is 1.89 bits per heavy atom. The molecule has 1 aromatic heterocycles. The minimum atomic E-state index is -0.804. The molecule has 35 heavy (non-hydrogen) atoms. The average molecular weight is 477 g/mol. The maximum atomic E-state index is 12.9. The summed E-state index contributed by atoms with van der Waals surface area (Å²) >= 11 is 0. The van der Waals surface area contributed by atoms with Gasteiger partial charge in [-0.05, 0) is 67.2 Å². The molecule has 8 nitrogen and oxygen atoms in total. The van der Waals surface area contributed by atoms with E-state index in [2.05, 4.69) is 21.3 Å². The number of piperidine rings is 1. The minimum absolute atomic E-state index is 0.0248. The first-order valence-electron chi connectivity index (χ1n) is 12.4. The van der Waals surface area contributed by atoms with Gasteiger partial charge in [-0.15, -0.1) is 0 Å². The molecule has 184 valence electrons. The molecule has 2 aliphatic heterocycles. The van der Waals surface area contributed by atoms with Gasteiger partial charge < -0.3 is 25.4 Å². The number of amides is 1. The van der Waals surface area contributed by atoms with Crippen LogP contribution in [-0.4, -0.2) is 58.7 Å². The third-order valence-electron chi connectivity index (χ3n) is 7.08. The second kappa shape index (κ2) is 10.2. The predicted molar refractivity (Wildman–Crippen MR) is 136 cm³/mol. The quantitative estimate of drug-likeness (QED) is 0.417. The summed E-state index contributed by atoms with van der Waals surface area (Å²) in [5.74, 6) is 0.158. The second-order valence-corrected chi connectivity index (χ2v) is 9.53. The van der Waals surface area contributed by atoms with Gasteiger partial charge in [-0.1, -0.05) is 24.6 Å². The lowest BCUT2D eigenvalue weighted by molar-refractivity contribution is -0.119. The maximum Gasteiger partial charge on any atom is 0.248 e. The van der Waals surface area contributed by atoms with Crippen molar-refractivity contribution in [3.63, 3.8) is 0 Å². The van der Waals surface area contributed by atoms with E-state index in [1.807, 2.05) is 17.0 Å². The van der Waals surface area contributed by atoms with Crippen LogP contribution in [0, 0.1) is 0 Å². The molecule has 5 rings (SSSR count). The molecule has 8 heteroatoms. The van der Waals surface area contributed by atoms with Crippen LogP contribution in [0.1, 0.15) is 42.1 Å². The number of aromatic amines is 1. The first-order valence-corrected chi connectivity index (χ1v) is 12.4. The molecule has 0 saturated carbocycles. The lowest BCUT2D eigenvalue weighted by Gasteiger charge is -2.28. The molecule has 2 aliphatic rings. The molecule has 4 N–H and O–H groups in total. The number of hydrogen-bond acceptors (Lipinski definition) is 6. The van der Waals surface area contributed by atoms with Crippen molar-refractivity contribution in [2.24, 2.45) is 0 Å². The van der Waals surface area contributed by atoms with E-state index in [-0.39, 0.29) is 17.2 Å². The molecule has 0 spiro atoms. The largest absolute Gasteiger partial charge is 0.506 e. The molecule has 3 heterocycles. The van der Waals surface area contributed by atoms with Gasteiger partial charge in [0.05, 0.1) is 18.2 Å². The van der Waals surface area contributed by atoms with E-state index in [1.165, 1.54) is 37.0 Å². The molecule has 0 unspecified atom stereocenters. The van der Waals surface area contributed by atoms with Crippen molar-refractivity contribution >= 4 is 22.5 Å². The number of pyridine rings is 1. The summed E-state index contributed by atoms with van der Waals surface area (Å²) in [5, 5.41) is 24.7. The molecular weight excluding hydrogens is 444 g/mol. The molecule has 1 saturated heterocycles. The maximum absolute atomic E-state index is 12.9. The van der Waals surface area contributed by atoms with Crippen molar-refractivity contribution in [2.75, 3.05) is 37.6 Å². The van der Waals surface area contributed by atoms with Crippen molar-refractivity contribution in [1.82, 2.24) is 15.2 Å². The number of hydrogen-bond donors (Lipinski definition) is 4. The first-order chi connectivity index (χ1) is 17.0. The van der Waals surface area contributed by atoms with Crippen molar-refractivity contribution in [2.45, 2.75) is 38.3 Å². The lowest BCUT2D eigenvalue weighted by Crippen LogP contribution is -2.41. The zero-order chi connectivity index (χ0) is 24.4. The number of aromatic nitrogens is 1. The average Bonchev–Trinajstić information content (AvgIpc) is 3.28. The van der Waals surface area contributed by atoms with Crippen molar-refractivity contribution in [3.8, 4) is 5.75 Å². The minimum Gasteiger partial charge on any atom is -0.506 e. The number of carbonyl (C=O) groups is 1. The van der Waals surface area contributed by atoms with Crippen LogP contribution >= 0.6 is 0 Å². The molecular formula is C27H32N4O4. The number of carbonyl (C=O) groups excluding carboxylic acids is 1. The van der Waals surface area contributed by atoms with E-state index in [9.17, 15) is 19.8 Å². The van der Waals surface area contributed by atoms with Crippen molar-refractivity contribution in [3.05, 3.63) is 69.5 Å². The monoisotopic (exact) mass is 476 g/mol. The van der Waals surface area contributed by atoms with Crippen LogP contribution in [0.15, 0.2) is 47.3 Å². The van der Waals surface area contributed by atoms with Crippen molar-refractivity contribution < 1.29 is 15.0 Å². The van der Waals surface area contributed by atoms with Crippen LogP contribution < -0.4 is 15.8 Å². The molecule has 1 fully saturated rings. The molecule has 0 bridgehead atoms. The summed E-state index contributed by atoms with van der Waals surface area (Å²) in [7, 11) is 0. The van der Waals surface area contributed by atoms with E-state index < -0.39 is 6.10 Å². The number of nitrogens with one attached hydrogen (secondary N) is 2. The second-order valence-electron chi connectivity index (χ2n) is 9.53. The number of H-pyrrole nitrogens is 1. The number of anilines is 1. The third-order valence-corrected chi connectivity index (χ3v) is 7.08. The van der Waals surface area contributed by atoms with Gasteiger partial charge in [0.1, 0.15) is 5.75 Å². The Morgan fingerprint density at radius 1 is 1.06 bits per heavy atom. The topological polar surface area (TPSA) is 109 Å². The SMILES string of the molecule is O=C(CN1CCCCC1)N1CCc2cc(CNC[C@H](O)c3ccc(O)c4[nH]c(=O)ccc34)ccc21. The van der Waals surface area contributed by atoms with Crippen LogP contribution in [0.5, 0.6) is 5.75 Å². The number of aliphatic hydroxyl groups excluding tert-OH is 1. The smallest absolute Gasteiger partial charge is 0.248 e. The Hall–Kier alpha value is -3.20. The molecule has 0 aliphatic carbocycles. The molecule has 0 radical (unpaired) electrons. The van der Waals surface area contributed by atoms with Gasteiger partial charge in [0.2, 0.25) is 11.5 Å². The van der Waals surface area contributed by atoms with Crippen LogP contribution in [0.25, 0.3) is 10.9 Å². The van der Waals surface area contributed by atoms with Gasteiger partial charge in [0.25, 0.3) is 0 Å². The fourth-order valence-corrected chi connectivity index (χ4v) is 5.23. The highest BCUT2D eigenvalue weighted by Gasteiger charge is 2.26. The number of aromatic hydroxyl groups is 1. The predicted octanol–water partition coefficient (Wildman–Crippen LogP) is 2.43. The number of likely N-dealkylation sites (tertiary alicyclic amines) is 1. The normalized spacial score (nSPS) is 17.0.